The van der Waals surface area contributed by atoms with Gasteiger partial charge in [-0.3, -0.25) is 4.79 Å². The summed E-state index contributed by atoms with van der Waals surface area (Å²) in [6.45, 7) is 8.03. The Labute approximate surface area is 173 Å². The van der Waals surface area contributed by atoms with Crippen molar-refractivity contribution in [2.24, 2.45) is 0 Å². The van der Waals surface area contributed by atoms with Gasteiger partial charge in [0.15, 0.2) is 0 Å². The molecule has 1 fully saturated rings. The summed E-state index contributed by atoms with van der Waals surface area (Å²) in [5.74, 6) is 0.256. The second kappa shape index (κ2) is 8.21. The molecule has 0 amide bonds. The van der Waals surface area contributed by atoms with Gasteiger partial charge >= 0.3 is 13.1 Å². The molecule has 2 aromatic carbocycles. The normalized spacial score (nSPS) is 18.3. The number of methoxy groups -OCH3 is 2. The summed E-state index contributed by atoms with van der Waals surface area (Å²) in [7, 11) is 2.53. The van der Waals surface area contributed by atoms with Gasteiger partial charge in [0.25, 0.3) is 0 Å². The van der Waals surface area contributed by atoms with Crippen molar-refractivity contribution in [2.75, 3.05) is 14.2 Å². The molecule has 1 aliphatic rings. The van der Waals surface area contributed by atoms with Crippen molar-refractivity contribution in [3.8, 4) is 16.9 Å². The minimum atomic E-state index is -0.531. The first-order valence-corrected chi connectivity index (χ1v) is 9.84. The zero-order chi connectivity index (χ0) is 21.2. The van der Waals surface area contributed by atoms with Crippen molar-refractivity contribution in [2.45, 2.75) is 51.1 Å². The molecule has 1 atom stereocenters. The quantitative estimate of drug-likeness (QED) is 0.526. The lowest BCUT2D eigenvalue weighted by Gasteiger charge is -2.32. The Morgan fingerprint density at radius 3 is 2.10 bits per heavy atom. The number of hydrogen-bond donors (Lipinski definition) is 0. The molecule has 0 spiro atoms. The minimum absolute atomic E-state index is 0.182. The molecule has 5 nitrogen and oxygen atoms in total. The summed E-state index contributed by atoms with van der Waals surface area (Å²) in [6, 6.07) is 16.0. The third-order valence-electron chi connectivity index (χ3n) is 5.97. The highest BCUT2D eigenvalue weighted by molar-refractivity contribution is 6.48. The third kappa shape index (κ3) is 4.33. The Hall–Kier alpha value is -2.31. The zero-order valence-corrected chi connectivity index (χ0v) is 18.0. The Morgan fingerprint density at radius 2 is 1.55 bits per heavy atom. The number of esters is 1. The summed E-state index contributed by atoms with van der Waals surface area (Å²) < 4.78 is 22.8. The van der Waals surface area contributed by atoms with Crippen LogP contribution in [-0.2, 0) is 18.8 Å². The van der Waals surface area contributed by atoms with Crippen LogP contribution in [0, 0.1) is 0 Å². The lowest BCUT2D eigenvalue weighted by atomic mass is 9.66. The topological polar surface area (TPSA) is 54.0 Å². The standard InChI is InChI=1S/C23H29BO5/c1-22(2)23(3,4)29-24(28-22)19(15-21(25)27-6)17-13-11-16(12-14-17)18-9-7-8-10-20(18)26-5/h7-14,19H,15H2,1-6H3. The summed E-state index contributed by atoms with van der Waals surface area (Å²) in [4.78, 5) is 12.1. The van der Waals surface area contributed by atoms with Gasteiger partial charge in [-0.1, -0.05) is 42.5 Å². The maximum atomic E-state index is 12.1. The Kier molecular flexibility index (Phi) is 6.06. The number of benzene rings is 2. The average molecular weight is 396 g/mol. The Balaban J connectivity index is 1.92. The van der Waals surface area contributed by atoms with Gasteiger partial charge in [0, 0.05) is 11.4 Å². The predicted octanol–water partition coefficient (Wildman–Crippen LogP) is 4.64. The largest absolute Gasteiger partial charge is 0.496 e. The fourth-order valence-electron chi connectivity index (χ4n) is 3.48. The average Bonchev–Trinajstić information content (AvgIpc) is 2.93. The fraction of sp³-hybridized carbons (Fsp3) is 0.435. The van der Waals surface area contributed by atoms with Crippen LogP contribution in [0.4, 0.5) is 0 Å². The van der Waals surface area contributed by atoms with E-state index in [1.165, 1.54) is 7.11 Å². The first kappa shape index (κ1) is 21.4. The summed E-state index contributed by atoms with van der Waals surface area (Å²) in [6.07, 6.45) is 0.182. The third-order valence-corrected chi connectivity index (χ3v) is 5.97. The molecule has 6 heteroatoms. The maximum absolute atomic E-state index is 12.1. The number of ether oxygens (including phenoxy) is 2. The second-order valence-electron chi connectivity index (χ2n) is 8.33. The molecule has 0 bridgehead atoms. The van der Waals surface area contributed by atoms with Gasteiger partial charge < -0.3 is 18.8 Å². The predicted molar refractivity (Wildman–Crippen MR) is 114 cm³/mol. The Morgan fingerprint density at radius 1 is 0.966 bits per heavy atom. The van der Waals surface area contributed by atoms with Gasteiger partial charge in [-0.15, -0.1) is 0 Å². The maximum Gasteiger partial charge on any atom is 0.466 e. The van der Waals surface area contributed by atoms with Crippen molar-refractivity contribution in [3.05, 3.63) is 54.1 Å². The molecule has 29 heavy (non-hydrogen) atoms. The molecule has 0 radical (unpaired) electrons. The summed E-state index contributed by atoms with van der Waals surface area (Å²) >= 11 is 0. The van der Waals surface area contributed by atoms with Crippen molar-refractivity contribution in [3.63, 3.8) is 0 Å². The van der Waals surface area contributed by atoms with Crippen LogP contribution in [0.15, 0.2) is 48.5 Å². The highest BCUT2D eigenvalue weighted by Gasteiger charge is 2.54. The van der Waals surface area contributed by atoms with Crippen LogP contribution in [0.1, 0.15) is 45.5 Å². The monoisotopic (exact) mass is 396 g/mol. The van der Waals surface area contributed by atoms with Gasteiger partial charge in [-0.2, -0.15) is 0 Å². The van der Waals surface area contributed by atoms with Gasteiger partial charge in [-0.05, 0) is 44.9 Å². The molecule has 0 aliphatic carbocycles. The number of hydrogen-bond acceptors (Lipinski definition) is 5. The lowest BCUT2D eigenvalue weighted by Crippen LogP contribution is -2.41. The smallest absolute Gasteiger partial charge is 0.466 e. The Bertz CT molecular complexity index is 844. The van der Waals surface area contributed by atoms with E-state index in [1.54, 1.807) is 7.11 Å². The van der Waals surface area contributed by atoms with Gasteiger partial charge in [0.1, 0.15) is 5.75 Å². The molecular formula is C23H29BO5. The van der Waals surface area contributed by atoms with Crippen molar-refractivity contribution in [1.82, 2.24) is 0 Å². The van der Waals surface area contributed by atoms with Crippen molar-refractivity contribution in [1.29, 1.82) is 0 Å². The van der Waals surface area contributed by atoms with Crippen LogP contribution >= 0.6 is 0 Å². The number of carbonyl (C=O) groups excluding carboxylic acids is 1. The van der Waals surface area contributed by atoms with Crippen molar-refractivity contribution >= 4 is 13.1 Å². The van der Waals surface area contributed by atoms with E-state index in [-0.39, 0.29) is 18.2 Å². The van der Waals surface area contributed by atoms with Crippen LogP contribution in [0.3, 0.4) is 0 Å². The van der Waals surface area contributed by atoms with Crippen LogP contribution in [0.2, 0.25) is 0 Å². The van der Waals surface area contributed by atoms with Gasteiger partial charge in [0.2, 0.25) is 0 Å². The fourth-order valence-corrected chi connectivity index (χ4v) is 3.48. The van der Waals surface area contributed by atoms with Crippen LogP contribution < -0.4 is 4.74 Å². The molecular weight excluding hydrogens is 367 g/mol. The molecule has 2 aromatic rings. The van der Waals surface area contributed by atoms with Crippen LogP contribution in [0.25, 0.3) is 11.1 Å². The van der Waals surface area contributed by atoms with E-state index in [0.29, 0.717) is 0 Å². The van der Waals surface area contributed by atoms with E-state index in [0.717, 1.165) is 22.4 Å². The molecule has 1 aliphatic heterocycles. The van der Waals surface area contributed by atoms with Crippen LogP contribution in [-0.4, -0.2) is 38.5 Å². The van der Waals surface area contributed by atoms with E-state index in [1.807, 2.05) is 76.2 Å². The van der Waals surface area contributed by atoms with Gasteiger partial charge in [0.05, 0.1) is 31.8 Å². The second-order valence-corrected chi connectivity index (χ2v) is 8.33. The highest BCUT2D eigenvalue weighted by Crippen LogP contribution is 2.42. The first-order valence-electron chi connectivity index (χ1n) is 9.84. The van der Waals surface area contributed by atoms with E-state index in [2.05, 4.69) is 0 Å². The van der Waals surface area contributed by atoms with Crippen molar-refractivity contribution < 1.29 is 23.6 Å². The van der Waals surface area contributed by atoms with Crippen LogP contribution in [0.5, 0.6) is 5.75 Å². The van der Waals surface area contributed by atoms with E-state index < -0.39 is 18.3 Å². The summed E-state index contributed by atoms with van der Waals surface area (Å²) in [5.41, 5.74) is 2.08. The van der Waals surface area contributed by atoms with E-state index in [9.17, 15) is 4.79 Å². The summed E-state index contributed by atoms with van der Waals surface area (Å²) in [5, 5.41) is 0. The zero-order valence-electron chi connectivity index (χ0n) is 18.0. The van der Waals surface area contributed by atoms with Gasteiger partial charge in [-0.25, -0.2) is 0 Å². The highest BCUT2D eigenvalue weighted by atomic mass is 16.7. The molecule has 1 unspecified atom stereocenters. The first-order chi connectivity index (χ1) is 13.7. The minimum Gasteiger partial charge on any atom is -0.496 e. The molecule has 1 saturated heterocycles. The molecule has 154 valence electrons. The molecule has 0 saturated carbocycles. The molecule has 0 N–H and O–H groups in total. The molecule has 1 heterocycles. The van der Waals surface area contributed by atoms with E-state index in [4.69, 9.17) is 18.8 Å². The lowest BCUT2D eigenvalue weighted by molar-refractivity contribution is -0.140. The molecule has 3 rings (SSSR count). The number of para-hydroxylation sites is 1. The number of rotatable bonds is 6. The van der Waals surface area contributed by atoms with E-state index >= 15 is 0 Å². The number of carbonyl (C=O) groups is 1. The SMILES string of the molecule is COC(=O)CC(B1OC(C)(C)C(C)(C)O1)c1ccc(-c2ccccc2OC)cc1. The molecule has 0 aromatic heterocycles.